The maximum absolute atomic E-state index is 11.1. The van der Waals surface area contributed by atoms with Crippen molar-refractivity contribution in [1.82, 2.24) is 0 Å². The summed E-state index contributed by atoms with van der Waals surface area (Å²) in [6.07, 6.45) is 2.02. The van der Waals surface area contributed by atoms with Gasteiger partial charge in [0.25, 0.3) is 0 Å². The van der Waals surface area contributed by atoms with Crippen molar-refractivity contribution in [3.8, 4) is 0 Å². The molecule has 0 amide bonds. The number of hydrogen-bond acceptors (Lipinski definition) is 2. The van der Waals surface area contributed by atoms with Crippen molar-refractivity contribution >= 4 is 5.97 Å². The normalized spacial score (nSPS) is 20.8. The molecule has 1 fully saturated rings. The standard InChI is InChI=1S/C8H14O2/c1-6(2)8(4-5-8)7(9)10-3/h6H,4-5H2,1-3H3. The number of methoxy groups -OCH3 is 1. The van der Waals surface area contributed by atoms with Gasteiger partial charge >= 0.3 is 5.97 Å². The lowest BCUT2D eigenvalue weighted by molar-refractivity contribution is -0.148. The molecule has 0 aromatic carbocycles. The molecule has 58 valence electrons. The van der Waals surface area contributed by atoms with Crippen LogP contribution in [0.4, 0.5) is 0 Å². The lowest BCUT2D eigenvalue weighted by Crippen LogP contribution is -2.22. The number of carbonyl (C=O) groups excluding carboxylic acids is 1. The van der Waals surface area contributed by atoms with E-state index in [1.54, 1.807) is 0 Å². The summed E-state index contributed by atoms with van der Waals surface area (Å²) in [7, 11) is 1.46. The largest absolute Gasteiger partial charge is 0.469 e. The van der Waals surface area contributed by atoms with Crippen LogP contribution in [-0.2, 0) is 9.53 Å². The smallest absolute Gasteiger partial charge is 0.312 e. The number of rotatable bonds is 2. The predicted octanol–water partition coefficient (Wildman–Crippen LogP) is 1.60. The summed E-state index contributed by atoms with van der Waals surface area (Å²) in [5, 5.41) is 0. The summed E-state index contributed by atoms with van der Waals surface area (Å²) in [5.41, 5.74) is -0.102. The molecule has 0 spiro atoms. The van der Waals surface area contributed by atoms with E-state index in [4.69, 9.17) is 4.74 Å². The molecule has 0 radical (unpaired) electrons. The van der Waals surface area contributed by atoms with E-state index in [-0.39, 0.29) is 11.4 Å². The van der Waals surface area contributed by atoms with Crippen molar-refractivity contribution in [3.05, 3.63) is 0 Å². The Morgan fingerprint density at radius 1 is 1.50 bits per heavy atom. The second-order valence-corrected chi connectivity index (χ2v) is 3.30. The quantitative estimate of drug-likeness (QED) is 0.547. The minimum absolute atomic E-state index is 0.0255. The van der Waals surface area contributed by atoms with Gasteiger partial charge in [0, 0.05) is 0 Å². The molecule has 0 heterocycles. The topological polar surface area (TPSA) is 26.3 Å². The highest BCUT2D eigenvalue weighted by molar-refractivity contribution is 5.79. The Morgan fingerprint density at radius 2 is 2.00 bits per heavy atom. The lowest BCUT2D eigenvalue weighted by Gasteiger charge is -2.15. The SMILES string of the molecule is COC(=O)C1(C(C)C)CC1. The van der Waals surface area contributed by atoms with Crippen molar-refractivity contribution in [2.75, 3.05) is 7.11 Å². The molecule has 0 saturated heterocycles. The van der Waals surface area contributed by atoms with E-state index < -0.39 is 0 Å². The molecule has 0 aliphatic heterocycles. The monoisotopic (exact) mass is 142 g/mol. The van der Waals surface area contributed by atoms with Crippen LogP contribution in [0.3, 0.4) is 0 Å². The third-order valence-corrected chi connectivity index (χ3v) is 2.49. The zero-order valence-corrected chi connectivity index (χ0v) is 6.81. The van der Waals surface area contributed by atoms with E-state index in [1.807, 2.05) is 0 Å². The molecule has 0 unspecified atom stereocenters. The van der Waals surface area contributed by atoms with Gasteiger partial charge in [0.1, 0.15) is 0 Å². The lowest BCUT2D eigenvalue weighted by atomic mass is 9.93. The summed E-state index contributed by atoms with van der Waals surface area (Å²) < 4.78 is 4.70. The van der Waals surface area contributed by atoms with Gasteiger partial charge in [-0.3, -0.25) is 4.79 Å². The van der Waals surface area contributed by atoms with Crippen LogP contribution in [0.15, 0.2) is 0 Å². The van der Waals surface area contributed by atoms with E-state index in [1.165, 1.54) is 7.11 Å². The highest BCUT2D eigenvalue weighted by Crippen LogP contribution is 2.52. The van der Waals surface area contributed by atoms with Gasteiger partial charge < -0.3 is 4.74 Å². The molecule has 0 N–H and O–H groups in total. The molecule has 10 heavy (non-hydrogen) atoms. The van der Waals surface area contributed by atoms with E-state index in [0.29, 0.717) is 5.92 Å². The Bertz CT molecular complexity index is 145. The van der Waals surface area contributed by atoms with Crippen molar-refractivity contribution in [3.63, 3.8) is 0 Å². The van der Waals surface area contributed by atoms with E-state index in [2.05, 4.69) is 13.8 Å². The third kappa shape index (κ3) is 0.917. The van der Waals surface area contributed by atoms with Crippen molar-refractivity contribution in [1.29, 1.82) is 0 Å². The maximum Gasteiger partial charge on any atom is 0.312 e. The van der Waals surface area contributed by atoms with E-state index in [9.17, 15) is 4.79 Å². The molecule has 0 aromatic rings. The van der Waals surface area contributed by atoms with Crippen molar-refractivity contribution in [2.45, 2.75) is 26.7 Å². The van der Waals surface area contributed by atoms with Gasteiger partial charge in [-0.1, -0.05) is 13.8 Å². The van der Waals surface area contributed by atoms with Crippen LogP contribution >= 0.6 is 0 Å². The van der Waals surface area contributed by atoms with E-state index >= 15 is 0 Å². The van der Waals surface area contributed by atoms with Gasteiger partial charge in [0.2, 0.25) is 0 Å². The zero-order chi connectivity index (χ0) is 7.78. The first-order valence-corrected chi connectivity index (χ1v) is 3.72. The Labute approximate surface area is 61.6 Å². The van der Waals surface area contributed by atoms with Crippen LogP contribution in [0.2, 0.25) is 0 Å². The van der Waals surface area contributed by atoms with Crippen molar-refractivity contribution in [2.24, 2.45) is 11.3 Å². The van der Waals surface area contributed by atoms with Gasteiger partial charge in [0.05, 0.1) is 12.5 Å². The summed E-state index contributed by atoms with van der Waals surface area (Å²) in [6.45, 7) is 4.15. The molecule has 0 bridgehead atoms. The van der Waals surface area contributed by atoms with Crippen LogP contribution < -0.4 is 0 Å². The first-order chi connectivity index (χ1) is 4.63. The predicted molar refractivity (Wildman–Crippen MR) is 38.5 cm³/mol. The number of ether oxygens (including phenoxy) is 1. The second kappa shape index (κ2) is 2.26. The Hall–Kier alpha value is -0.530. The average Bonchev–Trinajstić information content (AvgIpc) is 2.65. The van der Waals surface area contributed by atoms with Crippen LogP contribution in [-0.4, -0.2) is 13.1 Å². The van der Waals surface area contributed by atoms with Gasteiger partial charge in [-0.2, -0.15) is 0 Å². The molecular formula is C8H14O2. The number of esters is 1. The van der Waals surface area contributed by atoms with Gasteiger partial charge in [-0.15, -0.1) is 0 Å². The Morgan fingerprint density at radius 3 is 2.10 bits per heavy atom. The zero-order valence-electron chi connectivity index (χ0n) is 6.81. The number of hydrogen-bond donors (Lipinski definition) is 0. The first kappa shape index (κ1) is 7.58. The van der Waals surface area contributed by atoms with Crippen LogP contribution in [0.25, 0.3) is 0 Å². The van der Waals surface area contributed by atoms with Gasteiger partial charge in [0.15, 0.2) is 0 Å². The summed E-state index contributed by atoms with van der Waals surface area (Å²) in [6, 6.07) is 0. The van der Waals surface area contributed by atoms with Crippen molar-refractivity contribution < 1.29 is 9.53 Å². The Balaban J connectivity index is 2.60. The Kier molecular flexibility index (Phi) is 1.71. The van der Waals surface area contributed by atoms with Crippen LogP contribution in [0, 0.1) is 11.3 Å². The minimum atomic E-state index is -0.102. The fourth-order valence-electron chi connectivity index (χ4n) is 1.36. The summed E-state index contributed by atoms with van der Waals surface area (Å²) in [5.74, 6) is 0.405. The maximum atomic E-state index is 11.1. The molecule has 1 saturated carbocycles. The molecule has 0 aromatic heterocycles. The molecule has 1 aliphatic carbocycles. The second-order valence-electron chi connectivity index (χ2n) is 3.30. The van der Waals surface area contributed by atoms with Crippen LogP contribution in [0.1, 0.15) is 26.7 Å². The molecule has 0 atom stereocenters. The molecule has 2 heteroatoms. The van der Waals surface area contributed by atoms with Crippen LogP contribution in [0.5, 0.6) is 0 Å². The fourth-order valence-corrected chi connectivity index (χ4v) is 1.36. The van der Waals surface area contributed by atoms with Gasteiger partial charge in [-0.25, -0.2) is 0 Å². The molecule has 2 nitrogen and oxygen atoms in total. The highest BCUT2D eigenvalue weighted by Gasteiger charge is 2.53. The molecular weight excluding hydrogens is 128 g/mol. The number of carbonyl (C=O) groups is 1. The average molecular weight is 142 g/mol. The third-order valence-electron chi connectivity index (χ3n) is 2.49. The van der Waals surface area contributed by atoms with Gasteiger partial charge in [-0.05, 0) is 18.8 Å². The summed E-state index contributed by atoms with van der Waals surface area (Å²) >= 11 is 0. The highest BCUT2D eigenvalue weighted by atomic mass is 16.5. The fraction of sp³-hybridized carbons (Fsp3) is 0.875. The first-order valence-electron chi connectivity index (χ1n) is 3.72. The summed E-state index contributed by atoms with van der Waals surface area (Å²) in [4.78, 5) is 11.1. The molecule has 1 aliphatic rings. The van der Waals surface area contributed by atoms with E-state index in [0.717, 1.165) is 12.8 Å². The minimum Gasteiger partial charge on any atom is -0.469 e. The molecule has 1 rings (SSSR count).